The summed E-state index contributed by atoms with van der Waals surface area (Å²) in [6.07, 6.45) is 12.2. The van der Waals surface area contributed by atoms with Crippen molar-refractivity contribution in [3.8, 4) is 6.07 Å². The van der Waals surface area contributed by atoms with Gasteiger partial charge in [-0.05, 0) is 104 Å². The minimum Gasteiger partial charge on any atom is -0.317 e. The van der Waals surface area contributed by atoms with Gasteiger partial charge in [-0.2, -0.15) is 5.26 Å². The van der Waals surface area contributed by atoms with E-state index in [1.807, 2.05) is 18.2 Å². The van der Waals surface area contributed by atoms with E-state index in [9.17, 15) is 5.26 Å². The molecular weight excluding hydrogens is 633 g/mol. The van der Waals surface area contributed by atoms with Crippen LogP contribution in [0.5, 0.6) is 0 Å². The lowest BCUT2D eigenvalue weighted by Gasteiger charge is -2.25. The van der Waals surface area contributed by atoms with Gasteiger partial charge in [0, 0.05) is 37.9 Å². The highest BCUT2D eigenvalue weighted by Gasteiger charge is 2.28. The number of benzene rings is 6. The zero-order valence-electron chi connectivity index (χ0n) is 28.9. The van der Waals surface area contributed by atoms with Gasteiger partial charge in [0.15, 0.2) is 0 Å². The van der Waals surface area contributed by atoms with Crippen LogP contribution < -0.4 is 0 Å². The number of rotatable bonds is 2. The molecule has 0 N–H and O–H groups in total. The third-order valence-electron chi connectivity index (χ3n) is 11.8. The molecule has 4 heteroatoms. The molecule has 52 heavy (non-hydrogen) atoms. The standard InChI is InChI=1S/C48H36N4/c49-29-30-13-11-18-34(25-30)47-35-19-4-2-1-3-14-31(35)17-12-24-44(50-47)51-42-27-33-16-6-5-15-32(33)26-39(42)45-43(51)28-38-36-20-7-9-22-40(36)52-41-23-10-8-21-37(41)46(45)48(38)52/h4-11,13,15-16,18-23,25-28,44H,1-3,12,14,17,24H2/b19-4-,35-31-,50-47?. The molecule has 1 unspecified atom stereocenters. The van der Waals surface area contributed by atoms with Gasteiger partial charge in [0.05, 0.1) is 44.9 Å². The number of para-hydroxylation sites is 2. The number of allylic oxidation sites excluding steroid dienone is 4. The zero-order chi connectivity index (χ0) is 34.3. The molecule has 0 saturated heterocycles. The van der Waals surface area contributed by atoms with Crippen LogP contribution in [0.1, 0.15) is 62.2 Å². The predicted octanol–water partition coefficient (Wildman–Crippen LogP) is 12.6. The smallest absolute Gasteiger partial charge is 0.126 e. The van der Waals surface area contributed by atoms with Crippen molar-refractivity contribution in [3.05, 3.63) is 150 Å². The van der Waals surface area contributed by atoms with Crippen molar-refractivity contribution in [1.82, 2.24) is 8.97 Å². The van der Waals surface area contributed by atoms with Crippen LogP contribution in [0.3, 0.4) is 0 Å². The monoisotopic (exact) mass is 668 g/mol. The van der Waals surface area contributed by atoms with Gasteiger partial charge in [-0.15, -0.1) is 0 Å². The van der Waals surface area contributed by atoms with E-state index in [0.717, 1.165) is 43.4 Å². The molecule has 0 fully saturated rings. The molecule has 9 aromatic rings. The quantitative estimate of drug-likeness (QED) is 0.181. The van der Waals surface area contributed by atoms with Crippen molar-refractivity contribution in [1.29, 1.82) is 5.26 Å². The van der Waals surface area contributed by atoms with Gasteiger partial charge in [0.1, 0.15) is 6.17 Å². The van der Waals surface area contributed by atoms with E-state index in [2.05, 4.69) is 124 Å². The van der Waals surface area contributed by atoms with E-state index in [4.69, 9.17) is 4.99 Å². The first-order chi connectivity index (χ1) is 25.8. The lowest BCUT2D eigenvalue weighted by Crippen LogP contribution is -2.16. The maximum Gasteiger partial charge on any atom is 0.126 e. The Balaban J connectivity index is 1.30. The first kappa shape index (κ1) is 29.5. The summed E-state index contributed by atoms with van der Waals surface area (Å²) in [5, 5.41) is 20.2. The molecule has 4 heterocycles. The fourth-order valence-corrected chi connectivity index (χ4v) is 9.54. The van der Waals surface area contributed by atoms with E-state index in [0.29, 0.717) is 5.56 Å². The highest BCUT2D eigenvalue weighted by Crippen LogP contribution is 2.48. The van der Waals surface area contributed by atoms with Crippen molar-refractivity contribution in [3.63, 3.8) is 0 Å². The number of hydrogen-bond donors (Lipinski definition) is 0. The van der Waals surface area contributed by atoms with Crippen molar-refractivity contribution in [2.75, 3.05) is 0 Å². The summed E-state index contributed by atoms with van der Waals surface area (Å²) in [4.78, 5) is 5.86. The molecular formula is C48H36N4. The summed E-state index contributed by atoms with van der Waals surface area (Å²) in [6.45, 7) is 0. The van der Waals surface area contributed by atoms with Gasteiger partial charge in [-0.25, -0.2) is 0 Å². The molecule has 1 atom stereocenters. The van der Waals surface area contributed by atoms with Gasteiger partial charge in [0.25, 0.3) is 0 Å². The summed E-state index contributed by atoms with van der Waals surface area (Å²) >= 11 is 0. The topological polar surface area (TPSA) is 45.5 Å². The van der Waals surface area contributed by atoms with Gasteiger partial charge in [0.2, 0.25) is 0 Å². The molecule has 0 radical (unpaired) electrons. The zero-order valence-corrected chi connectivity index (χ0v) is 28.9. The second-order valence-electron chi connectivity index (χ2n) is 14.7. The number of nitrogens with zero attached hydrogens (tertiary/aromatic N) is 4. The van der Waals surface area contributed by atoms with Crippen LogP contribution in [-0.2, 0) is 0 Å². The summed E-state index contributed by atoms with van der Waals surface area (Å²) in [6, 6.07) is 44.3. The second kappa shape index (κ2) is 11.4. The van der Waals surface area contributed by atoms with Gasteiger partial charge in [-0.1, -0.05) is 90.5 Å². The van der Waals surface area contributed by atoms with Crippen LogP contribution in [-0.4, -0.2) is 14.7 Å². The number of nitriles is 1. The second-order valence-corrected chi connectivity index (χ2v) is 14.7. The summed E-state index contributed by atoms with van der Waals surface area (Å²) in [7, 11) is 0. The summed E-state index contributed by atoms with van der Waals surface area (Å²) < 4.78 is 5.06. The molecule has 3 aromatic heterocycles. The molecule has 2 aliphatic rings. The Bertz CT molecular complexity index is 3070. The minimum absolute atomic E-state index is 0.135. The molecule has 0 spiro atoms. The van der Waals surface area contributed by atoms with E-state index in [-0.39, 0.29) is 6.17 Å². The SMILES string of the molecule is N#Cc1cccc(C2=NC(n3c4cc5ccccc5cc4c4c5c6ccccc6n6c7ccccc7c(cc43)c56)CCC/C3=C2/C=C\CCCC3)c1. The first-order valence-corrected chi connectivity index (χ1v) is 18.8. The lowest BCUT2D eigenvalue weighted by atomic mass is 9.87. The molecule has 0 bridgehead atoms. The van der Waals surface area contributed by atoms with Gasteiger partial charge >= 0.3 is 0 Å². The highest BCUT2D eigenvalue weighted by atomic mass is 15.1. The molecule has 1 aliphatic carbocycles. The fraction of sp³-hybridized carbons (Fsp3) is 0.167. The number of fused-ring (bicyclic) bond motifs is 11. The van der Waals surface area contributed by atoms with E-state index >= 15 is 0 Å². The van der Waals surface area contributed by atoms with Crippen LogP contribution in [0.2, 0.25) is 0 Å². The molecule has 1 aliphatic heterocycles. The van der Waals surface area contributed by atoms with Crippen molar-refractivity contribution in [2.24, 2.45) is 4.99 Å². The van der Waals surface area contributed by atoms with Crippen LogP contribution in [0, 0.1) is 11.3 Å². The molecule has 0 saturated carbocycles. The van der Waals surface area contributed by atoms with E-state index in [1.165, 1.54) is 94.7 Å². The minimum atomic E-state index is -0.135. The predicted molar refractivity (Wildman–Crippen MR) is 217 cm³/mol. The van der Waals surface area contributed by atoms with Crippen molar-refractivity contribution < 1.29 is 0 Å². The Morgan fingerprint density at radius 2 is 1.40 bits per heavy atom. The van der Waals surface area contributed by atoms with Gasteiger partial charge in [-0.3, -0.25) is 4.99 Å². The van der Waals surface area contributed by atoms with Crippen LogP contribution in [0.25, 0.3) is 70.7 Å². The average Bonchev–Trinajstić information content (AvgIpc) is 3.80. The Morgan fingerprint density at radius 3 is 2.27 bits per heavy atom. The lowest BCUT2D eigenvalue weighted by molar-refractivity contribution is 0.487. The van der Waals surface area contributed by atoms with Gasteiger partial charge < -0.3 is 8.97 Å². The van der Waals surface area contributed by atoms with Crippen LogP contribution in [0.15, 0.2) is 144 Å². The van der Waals surface area contributed by atoms with Crippen molar-refractivity contribution in [2.45, 2.75) is 51.1 Å². The van der Waals surface area contributed by atoms with E-state index in [1.54, 1.807) is 0 Å². The molecule has 4 nitrogen and oxygen atoms in total. The van der Waals surface area contributed by atoms with Crippen LogP contribution in [0.4, 0.5) is 0 Å². The van der Waals surface area contributed by atoms with Crippen molar-refractivity contribution >= 4 is 76.4 Å². The fourth-order valence-electron chi connectivity index (χ4n) is 9.54. The molecule has 11 rings (SSSR count). The van der Waals surface area contributed by atoms with E-state index < -0.39 is 0 Å². The number of aromatic nitrogens is 2. The Labute approximate surface area is 301 Å². The van der Waals surface area contributed by atoms with Crippen LogP contribution >= 0.6 is 0 Å². The molecule has 6 aromatic carbocycles. The maximum atomic E-state index is 9.95. The maximum absolute atomic E-state index is 9.95. The Hall–Kier alpha value is -6.18. The largest absolute Gasteiger partial charge is 0.317 e. The normalized spacial score (nSPS) is 19.2. The molecule has 0 amide bonds. The Morgan fingerprint density at radius 1 is 0.635 bits per heavy atom. The number of aliphatic imine (C=N–C) groups is 1. The third-order valence-corrected chi connectivity index (χ3v) is 11.8. The first-order valence-electron chi connectivity index (χ1n) is 18.8. The highest BCUT2D eigenvalue weighted by molar-refractivity contribution is 6.36. The Kier molecular flexibility index (Phi) is 6.49. The number of hydrogen-bond acceptors (Lipinski definition) is 2. The third kappa shape index (κ3) is 4.23. The average molecular weight is 669 g/mol. The summed E-state index contributed by atoms with van der Waals surface area (Å²) in [5.74, 6) is 0. The molecule has 248 valence electrons. The summed E-state index contributed by atoms with van der Waals surface area (Å²) in [5.41, 5.74) is 11.7.